The highest BCUT2D eigenvalue weighted by Gasteiger charge is 2.36. The largest absolute Gasteiger partial charge is 0.496 e. The predicted molar refractivity (Wildman–Crippen MR) is 120 cm³/mol. The summed E-state index contributed by atoms with van der Waals surface area (Å²) in [5.74, 6) is -1.01. The first kappa shape index (κ1) is 23.9. The molecule has 1 aliphatic heterocycles. The molecule has 0 radical (unpaired) electrons. The van der Waals surface area contributed by atoms with E-state index in [2.05, 4.69) is 10.1 Å². The number of hydrogen-bond donors (Lipinski definition) is 1. The minimum Gasteiger partial charge on any atom is -0.496 e. The average molecular weight is 472 g/mol. The number of piperazine rings is 1. The van der Waals surface area contributed by atoms with Gasteiger partial charge in [0.05, 0.1) is 25.8 Å². The topological polar surface area (TPSA) is 83.7 Å². The van der Waals surface area contributed by atoms with Crippen LogP contribution >= 0.6 is 0 Å². The van der Waals surface area contributed by atoms with Crippen LogP contribution in [-0.2, 0) is 12.1 Å². The Morgan fingerprint density at radius 3 is 2.50 bits per heavy atom. The van der Waals surface area contributed by atoms with Gasteiger partial charge < -0.3 is 9.84 Å². The monoisotopic (exact) mass is 471 g/mol. The fraction of sp³-hybridized carbons (Fsp3) is 0.375. The third-order valence-electron chi connectivity index (χ3n) is 6.05. The molecule has 8 nitrogen and oxygen atoms in total. The molecule has 4 rings (SSSR count). The molecule has 3 aromatic rings. The van der Waals surface area contributed by atoms with Crippen LogP contribution in [-0.4, -0.2) is 81.8 Å². The normalized spacial score (nSPS) is 16.8. The number of β-amino-alcohol motifs (C(OH)–C–C–N with tert-alkyl or cyclic N) is 1. The van der Waals surface area contributed by atoms with Crippen molar-refractivity contribution in [3.8, 4) is 5.75 Å². The van der Waals surface area contributed by atoms with Gasteiger partial charge in [-0.05, 0) is 18.2 Å². The summed E-state index contributed by atoms with van der Waals surface area (Å²) in [6, 6.07) is 10.3. The summed E-state index contributed by atoms with van der Waals surface area (Å²) in [5, 5.41) is 15.6. The molecule has 2 heterocycles. The standard InChI is InChI=1S/C24H27F2N5O3/c1-34-23-5-3-2-4-19(23)22(32)13-29-8-10-30(11-9-29)14-24(33,15-31-17-27-16-28-31)20-7-6-18(25)12-21(20)26/h2-7,12,16-17,33H,8-11,13-15H2,1H3. The number of carbonyl (C=O) groups excluding carboxylic acids is 1. The van der Waals surface area contributed by atoms with Crippen molar-refractivity contribution in [2.24, 2.45) is 0 Å². The number of para-hydroxylation sites is 1. The van der Waals surface area contributed by atoms with Gasteiger partial charge in [-0.3, -0.25) is 14.6 Å². The third-order valence-corrected chi connectivity index (χ3v) is 6.05. The summed E-state index contributed by atoms with van der Waals surface area (Å²) in [6.07, 6.45) is 2.77. The maximum Gasteiger partial charge on any atom is 0.180 e. The van der Waals surface area contributed by atoms with E-state index >= 15 is 0 Å². The van der Waals surface area contributed by atoms with E-state index in [-0.39, 0.29) is 31.0 Å². The molecule has 180 valence electrons. The molecule has 10 heteroatoms. The summed E-state index contributed by atoms with van der Waals surface area (Å²) in [4.78, 5) is 20.7. The number of ether oxygens (including phenoxy) is 1. The molecule has 1 N–H and O–H groups in total. The number of nitrogens with zero attached hydrogens (tertiary/aromatic N) is 5. The molecule has 0 amide bonds. The van der Waals surface area contributed by atoms with E-state index in [1.165, 1.54) is 30.5 Å². The van der Waals surface area contributed by atoms with Gasteiger partial charge in [0.2, 0.25) is 0 Å². The Kier molecular flexibility index (Phi) is 7.30. The van der Waals surface area contributed by atoms with Gasteiger partial charge >= 0.3 is 0 Å². The van der Waals surface area contributed by atoms with Gasteiger partial charge in [0.1, 0.15) is 35.6 Å². The Balaban J connectivity index is 1.42. The van der Waals surface area contributed by atoms with Crippen molar-refractivity contribution in [3.63, 3.8) is 0 Å². The molecule has 1 saturated heterocycles. The zero-order valence-electron chi connectivity index (χ0n) is 18.9. The number of aromatic nitrogens is 3. The van der Waals surface area contributed by atoms with E-state index in [1.807, 2.05) is 15.9 Å². The number of carbonyl (C=O) groups is 1. The Morgan fingerprint density at radius 2 is 1.82 bits per heavy atom. The average Bonchev–Trinajstić information content (AvgIpc) is 3.32. The van der Waals surface area contributed by atoms with Gasteiger partial charge in [-0.1, -0.05) is 18.2 Å². The quantitative estimate of drug-likeness (QED) is 0.478. The van der Waals surface area contributed by atoms with E-state index in [0.717, 1.165) is 12.1 Å². The Labute approximate surface area is 196 Å². The van der Waals surface area contributed by atoms with Crippen LogP contribution < -0.4 is 4.74 Å². The first-order chi connectivity index (χ1) is 16.4. The van der Waals surface area contributed by atoms with Crippen molar-refractivity contribution >= 4 is 5.78 Å². The van der Waals surface area contributed by atoms with E-state index in [1.54, 1.807) is 18.2 Å². The lowest BCUT2D eigenvalue weighted by Crippen LogP contribution is -2.53. The van der Waals surface area contributed by atoms with Gasteiger partial charge in [-0.2, -0.15) is 5.10 Å². The molecule has 0 aliphatic carbocycles. The fourth-order valence-electron chi connectivity index (χ4n) is 4.31. The number of hydrogen-bond acceptors (Lipinski definition) is 7. The molecule has 1 atom stereocenters. The predicted octanol–water partition coefficient (Wildman–Crippen LogP) is 1.95. The number of aliphatic hydroxyl groups is 1. The van der Waals surface area contributed by atoms with Crippen molar-refractivity contribution < 1.29 is 23.4 Å². The van der Waals surface area contributed by atoms with E-state index in [9.17, 15) is 18.7 Å². The molecular formula is C24H27F2N5O3. The van der Waals surface area contributed by atoms with Crippen molar-refractivity contribution in [1.29, 1.82) is 0 Å². The van der Waals surface area contributed by atoms with Crippen LogP contribution in [0, 0.1) is 11.6 Å². The molecule has 0 spiro atoms. The second-order valence-corrected chi connectivity index (χ2v) is 8.42. The number of methoxy groups -OCH3 is 1. The molecule has 2 aromatic carbocycles. The molecule has 34 heavy (non-hydrogen) atoms. The lowest BCUT2D eigenvalue weighted by atomic mass is 9.92. The Bertz CT molecular complexity index is 1120. The third kappa shape index (κ3) is 5.46. The van der Waals surface area contributed by atoms with Crippen LogP contribution in [0.5, 0.6) is 5.75 Å². The summed E-state index contributed by atoms with van der Waals surface area (Å²) >= 11 is 0. The van der Waals surface area contributed by atoms with Crippen LogP contribution in [0.3, 0.4) is 0 Å². The molecular weight excluding hydrogens is 444 g/mol. The van der Waals surface area contributed by atoms with Crippen molar-refractivity contribution in [1.82, 2.24) is 24.6 Å². The maximum atomic E-state index is 14.6. The number of ketones is 1. The molecule has 1 aliphatic rings. The van der Waals surface area contributed by atoms with E-state index in [4.69, 9.17) is 4.74 Å². The number of benzene rings is 2. The summed E-state index contributed by atoms with van der Waals surface area (Å²) in [6.45, 7) is 2.68. The van der Waals surface area contributed by atoms with Gasteiger partial charge in [-0.25, -0.2) is 18.4 Å². The second-order valence-electron chi connectivity index (χ2n) is 8.42. The summed E-state index contributed by atoms with van der Waals surface area (Å²) < 4.78 is 34.8. The van der Waals surface area contributed by atoms with Crippen molar-refractivity contribution in [3.05, 3.63) is 77.9 Å². The van der Waals surface area contributed by atoms with E-state index in [0.29, 0.717) is 37.5 Å². The molecule has 1 fully saturated rings. The smallest absolute Gasteiger partial charge is 0.180 e. The molecule has 1 unspecified atom stereocenters. The summed E-state index contributed by atoms with van der Waals surface area (Å²) in [5.41, 5.74) is -1.11. The maximum absolute atomic E-state index is 14.6. The van der Waals surface area contributed by atoms with Crippen molar-refractivity contribution in [2.75, 3.05) is 46.4 Å². The minimum atomic E-state index is -1.65. The lowest BCUT2D eigenvalue weighted by Gasteiger charge is -2.39. The van der Waals surface area contributed by atoms with Crippen LogP contribution in [0.25, 0.3) is 0 Å². The summed E-state index contributed by atoms with van der Waals surface area (Å²) in [7, 11) is 1.54. The van der Waals surface area contributed by atoms with Crippen LogP contribution in [0.15, 0.2) is 55.1 Å². The fourth-order valence-corrected chi connectivity index (χ4v) is 4.31. The van der Waals surface area contributed by atoms with Crippen LogP contribution in [0.2, 0.25) is 0 Å². The van der Waals surface area contributed by atoms with Gasteiger partial charge in [0.15, 0.2) is 5.78 Å². The Hall–Kier alpha value is -3.21. The van der Waals surface area contributed by atoms with Gasteiger partial charge in [-0.15, -0.1) is 0 Å². The second kappa shape index (κ2) is 10.4. The molecule has 0 saturated carbocycles. The zero-order valence-corrected chi connectivity index (χ0v) is 18.9. The highest BCUT2D eigenvalue weighted by Crippen LogP contribution is 2.28. The number of rotatable bonds is 9. The highest BCUT2D eigenvalue weighted by atomic mass is 19.1. The number of halogens is 2. The molecule has 0 bridgehead atoms. The van der Waals surface area contributed by atoms with Crippen molar-refractivity contribution in [2.45, 2.75) is 12.1 Å². The highest BCUT2D eigenvalue weighted by molar-refractivity contribution is 6.00. The van der Waals surface area contributed by atoms with E-state index < -0.39 is 17.2 Å². The van der Waals surface area contributed by atoms with Crippen LogP contribution in [0.1, 0.15) is 15.9 Å². The minimum absolute atomic E-state index is 0.00169. The SMILES string of the molecule is COc1ccccc1C(=O)CN1CCN(CC(O)(Cn2cncn2)c2ccc(F)cc2F)CC1. The van der Waals surface area contributed by atoms with Gasteiger partial charge in [0.25, 0.3) is 0 Å². The first-order valence-corrected chi connectivity index (χ1v) is 11.0. The Morgan fingerprint density at radius 1 is 1.09 bits per heavy atom. The lowest BCUT2D eigenvalue weighted by molar-refractivity contribution is -0.0314. The first-order valence-electron chi connectivity index (χ1n) is 11.0. The van der Waals surface area contributed by atoms with Crippen LogP contribution in [0.4, 0.5) is 8.78 Å². The zero-order chi connectivity index (χ0) is 24.1. The molecule has 1 aromatic heterocycles. The number of Topliss-reactive ketones (excluding diaryl/α,β-unsaturated/α-hetero) is 1. The van der Waals surface area contributed by atoms with Gasteiger partial charge in [0, 0.05) is 44.4 Å².